The summed E-state index contributed by atoms with van der Waals surface area (Å²) in [5.41, 5.74) is 6.38. The molecule has 1 heterocycles. The van der Waals surface area contributed by atoms with Gasteiger partial charge in [-0.25, -0.2) is 8.42 Å². The largest absolute Gasteiger partial charge is 0.243 e. The number of hydrogen-bond donors (Lipinski definition) is 0. The lowest BCUT2D eigenvalue weighted by Crippen LogP contribution is -2.25. The van der Waals surface area contributed by atoms with Crippen molar-refractivity contribution in [3.8, 4) is 17.2 Å². The maximum atomic E-state index is 13.0. The summed E-state index contributed by atoms with van der Waals surface area (Å²) in [7, 11) is -3.58. The van der Waals surface area contributed by atoms with Crippen LogP contribution in [0.15, 0.2) is 65.6 Å². The molecule has 3 aromatic carbocycles. The first kappa shape index (κ1) is 18.4. The van der Waals surface area contributed by atoms with Crippen LogP contribution in [0.5, 0.6) is 0 Å². The summed E-state index contributed by atoms with van der Waals surface area (Å²) in [6, 6.07) is 21.0. The summed E-state index contributed by atoms with van der Waals surface area (Å²) in [5, 5.41) is 9.61. The molecular weight excluding hydrogens is 368 g/mol. The number of aryl methyl sites for hydroxylation is 2. The first-order chi connectivity index (χ1) is 13.4. The molecule has 0 aliphatic carbocycles. The van der Waals surface area contributed by atoms with Gasteiger partial charge in [-0.3, -0.25) is 0 Å². The van der Waals surface area contributed by atoms with Crippen LogP contribution in [0.1, 0.15) is 27.8 Å². The van der Waals surface area contributed by atoms with Crippen molar-refractivity contribution in [2.75, 3.05) is 0 Å². The van der Waals surface area contributed by atoms with Crippen LogP contribution in [0.2, 0.25) is 0 Å². The molecule has 5 heteroatoms. The number of nitrogens with zero attached hydrogens (tertiary/aromatic N) is 2. The Morgan fingerprint density at radius 3 is 1.96 bits per heavy atom. The molecule has 3 aromatic rings. The van der Waals surface area contributed by atoms with Gasteiger partial charge in [0.2, 0.25) is 10.0 Å². The topological polar surface area (TPSA) is 61.2 Å². The van der Waals surface area contributed by atoms with E-state index in [-0.39, 0.29) is 6.54 Å². The zero-order valence-electron chi connectivity index (χ0n) is 15.8. The van der Waals surface area contributed by atoms with Crippen molar-refractivity contribution < 1.29 is 8.42 Å². The zero-order chi connectivity index (χ0) is 19.9. The summed E-state index contributed by atoms with van der Waals surface area (Å²) in [4.78, 5) is 0.296. The Morgan fingerprint density at radius 1 is 0.857 bits per heavy atom. The van der Waals surface area contributed by atoms with Crippen molar-refractivity contribution in [1.29, 1.82) is 5.26 Å². The van der Waals surface area contributed by atoms with E-state index in [1.807, 2.05) is 50.2 Å². The normalized spacial score (nSPS) is 13.9. The molecule has 0 aromatic heterocycles. The monoisotopic (exact) mass is 388 g/mol. The summed E-state index contributed by atoms with van der Waals surface area (Å²) >= 11 is 0. The molecule has 0 N–H and O–H groups in total. The Bertz CT molecular complexity index is 1190. The molecule has 4 rings (SSSR count). The van der Waals surface area contributed by atoms with Gasteiger partial charge in [0.25, 0.3) is 0 Å². The van der Waals surface area contributed by atoms with Crippen molar-refractivity contribution in [2.24, 2.45) is 0 Å². The minimum absolute atomic E-state index is 0.286. The molecule has 1 aliphatic rings. The van der Waals surface area contributed by atoms with Crippen LogP contribution in [0.3, 0.4) is 0 Å². The van der Waals surface area contributed by atoms with Gasteiger partial charge >= 0.3 is 0 Å². The summed E-state index contributed by atoms with van der Waals surface area (Å²) in [6.45, 7) is 4.55. The van der Waals surface area contributed by atoms with Gasteiger partial charge in [0.1, 0.15) is 0 Å². The molecule has 28 heavy (non-hydrogen) atoms. The van der Waals surface area contributed by atoms with E-state index in [0.29, 0.717) is 17.0 Å². The molecule has 4 nitrogen and oxygen atoms in total. The SMILES string of the molecule is Cc1ccc(-c2cc3c(cc2C#N)CN(S(=O)(=O)c2ccc(C)cc2)C3)cc1. The van der Waals surface area contributed by atoms with E-state index in [4.69, 9.17) is 0 Å². The maximum absolute atomic E-state index is 13.0. The quantitative estimate of drug-likeness (QED) is 0.661. The second kappa shape index (κ2) is 6.90. The van der Waals surface area contributed by atoms with E-state index in [0.717, 1.165) is 33.4 Å². The van der Waals surface area contributed by atoms with Crippen LogP contribution in [0.25, 0.3) is 11.1 Å². The third-order valence-corrected chi connectivity index (χ3v) is 6.98. The highest BCUT2D eigenvalue weighted by Gasteiger charge is 2.31. The zero-order valence-corrected chi connectivity index (χ0v) is 16.6. The van der Waals surface area contributed by atoms with Crippen molar-refractivity contribution in [3.63, 3.8) is 0 Å². The Hall–Kier alpha value is -2.94. The van der Waals surface area contributed by atoms with Gasteiger partial charge in [-0.1, -0.05) is 47.5 Å². The lowest BCUT2D eigenvalue weighted by molar-refractivity contribution is 0.431. The molecule has 0 atom stereocenters. The lowest BCUT2D eigenvalue weighted by Gasteiger charge is -2.15. The van der Waals surface area contributed by atoms with Crippen LogP contribution in [-0.4, -0.2) is 12.7 Å². The Kier molecular flexibility index (Phi) is 4.54. The van der Waals surface area contributed by atoms with Crippen LogP contribution < -0.4 is 0 Å². The van der Waals surface area contributed by atoms with E-state index in [1.54, 1.807) is 24.3 Å². The van der Waals surface area contributed by atoms with Gasteiger partial charge in [-0.15, -0.1) is 0 Å². The Balaban J connectivity index is 1.71. The van der Waals surface area contributed by atoms with Gasteiger partial charge in [-0.2, -0.15) is 9.57 Å². The third kappa shape index (κ3) is 3.22. The molecule has 0 radical (unpaired) electrons. The summed E-state index contributed by atoms with van der Waals surface area (Å²) < 4.78 is 27.5. The molecular formula is C23H20N2O2S. The number of rotatable bonds is 3. The highest BCUT2D eigenvalue weighted by atomic mass is 32.2. The Morgan fingerprint density at radius 2 is 1.39 bits per heavy atom. The molecule has 0 saturated heterocycles. The van der Waals surface area contributed by atoms with E-state index in [9.17, 15) is 13.7 Å². The molecule has 0 spiro atoms. The van der Waals surface area contributed by atoms with Crippen molar-refractivity contribution in [3.05, 3.63) is 88.5 Å². The average molecular weight is 388 g/mol. The van der Waals surface area contributed by atoms with E-state index in [2.05, 4.69) is 6.07 Å². The highest BCUT2D eigenvalue weighted by Crippen LogP contribution is 2.34. The van der Waals surface area contributed by atoms with Crippen LogP contribution in [-0.2, 0) is 23.1 Å². The van der Waals surface area contributed by atoms with Crippen LogP contribution in [0.4, 0.5) is 0 Å². The van der Waals surface area contributed by atoms with Gasteiger partial charge < -0.3 is 0 Å². The van der Waals surface area contributed by atoms with Crippen molar-refractivity contribution in [1.82, 2.24) is 4.31 Å². The minimum Gasteiger partial charge on any atom is -0.207 e. The number of fused-ring (bicyclic) bond motifs is 1. The second-order valence-corrected chi connectivity index (χ2v) is 9.17. The molecule has 140 valence electrons. The first-order valence-electron chi connectivity index (χ1n) is 9.08. The first-order valence-corrected chi connectivity index (χ1v) is 10.5. The van der Waals surface area contributed by atoms with Gasteiger partial charge in [-0.05, 0) is 60.4 Å². The molecule has 0 saturated carbocycles. The number of benzene rings is 3. The fraction of sp³-hybridized carbons (Fsp3) is 0.174. The summed E-state index contributed by atoms with van der Waals surface area (Å²) in [6.07, 6.45) is 0. The third-order valence-electron chi connectivity index (χ3n) is 5.17. The summed E-state index contributed by atoms with van der Waals surface area (Å²) in [5.74, 6) is 0. The van der Waals surface area contributed by atoms with E-state index in [1.165, 1.54) is 4.31 Å². The molecule has 0 unspecified atom stereocenters. The maximum Gasteiger partial charge on any atom is 0.243 e. The molecule has 1 aliphatic heterocycles. The fourth-order valence-electron chi connectivity index (χ4n) is 3.51. The fourth-order valence-corrected chi connectivity index (χ4v) is 4.91. The smallest absolute Gasteiger partial charge is 0.207 e. The molecule has 0 amide bonds. The lowest BCUT2D eigenvalue weighted by atomic mass is 9.95. The second-order valence-electron chi connectivity index (χ2n) is 7.23. The van der Waals surface area contributed by atoms with E-state index >= 15 is 0 Å². The minimum atomic E-state index is -3.58. The van der Waals surface area contributed by atoms with Gasteiger partial charge in [0.05, 0.1) is 16.5 Å². The standard InChI is InChI=1S/C23H20N2O2S/c1-16-3-7-18(8-4-16)23-12-21-15-25(14-20(21)11-19(23)13-24)28(26,27)22-9-5-17(2)6-10-22/h3-12H,14-15H2,1-2H3. The predicted octanol–water partition coefficient (Wildman–Crippen LogP) is 4.55. The van der Waals surface area contributed by atoms with Crippen LogP contribution in [0, 0.1) is 25.2 Å². The number of hydrogen-bond acceptors (Lipinski definition) is 3. The molecule has 0 fully saturated rings. The van der Waals surface area contributed by atoms with Gasteiger partial charge in [0.15, 0.2) is 0 Å². The number of sulfonamides is 1. The average Bonchev–Trinajstić information content (AvgIpc) is 3.12. The van der Waals surface area contributed by atoms with Crippen molar-refractivity contribution in [2.45, 2.75) is 31.8 Å². The molecule has 0 bridgehead atoms. The van der Waals surface area contributed by atoms with Gasteiger partial charge in [0, 0.05) is 13.1 Å². The van der Waals surface area contributed by atoms with Crippen molar-refractivity contribution >= 4 is 10.0 Å². The Labute approximate surface area is 165 Å². The number of nitriles is 1. The predicted molar refractivity (Wildman–Crippen MR) is 109 cm³/mol. The van der Waals surface area contributed by atoms with Crippen LogP contribution >= 0.6 is 0 Å². The van der Waals surface area contributed by atoms with E-state index < -0.39 is 10.0 Å². The highest BCUT2D eigenvalue weighted by molar-refractivity contribution is 7.89.